The number of amides is 1. The minimum atomic E-state index is -3.85. The molecule has 1 amide bonds. The molecule has 2 N–H and O–H groups in total. The van der Waals surface area contributed by atoms with Crippen LogP contribution in [-0.4, -0.2) is 50.0 Å². The molecule has 1 saturated heterocycles. The average Bonchev–Trinajstić information content (AvgIpc) is 2.68. The van der Waals surface area contributed by atoms with Crippen molar-refractivity contribution in [1.29, 1.82) is 0 Å². The Morgan fingerprint density at radius 2 is 1.62 bits per heavy atom. The predicted molar refractivity (Wildman–Crippen MR) is 98.1 cm³/mol. The number of rotatable bonds is 4. The molecule has 0 radical (unpaired) electrons. The second-order valence-corrected chi connectivity index (χ2v) is 8.15. The molecule has 1 fully saturated rings. The molecule has 1 heterocycles. The highest BCUT2D eigenvalue weighted by Crippen LogP contribution is 2.24. The van der Waals surface area contributed by atoms with Crippen molar-refractivity contribution < 1.29 is 18.4 Å². The Hall–Kier alpha value is -2.13. The van der Waals surface area contributed by atoms with E-state index in [4.69, 9.17) is 16.8 Å². The summed E-state index contributed by atoms with van der Waals surface area (Å²) >= 11 is 5.90. The fourth-order valence-corrected chi connectivity index (χ4v) is 4.65. The van der Waals surface area contributed by atoms with Gasteiger partial charge in [-0.05, 0) is 36.4 Å². The highest BCUT2D eigenvalue weighted by atomic mass is 35.5. The first-order chi connectivity index (χ1) is 12.4. The molecule has 7 nitrogen and oxygen atoms in total. The second-order valence-electron chi connectivity index (χ2n) is 5.80. The van der Waals surface area contributed by atoms with E-state index in [1.54, 1.807) is 24.3 Å². The lowest BCUT2D eigenvalue weighted by atomic mass is 10.2. The number of nitrogens with zero attached hydrogens (tertiary/aromatic N) is 2. The van der Waals surface area contributed by atoms with Gasteiger partial charge in [-0.1, -0.05) is 23.7 Å². The molecule has 2 aromatic rings. The number of benzene rings is 2. The van der Waals surface area contributed by atoms with Gasteiger partial charge in [-0.3, -0.25) is 10.0 Å². The molecular formula is C17H18ClN3O4S. The van der Waals surface area contributed by atoms with Crippen molar-refractivity contribution in [3.63, 3.8) is 0 Å². The Morgan fingerprint density at radius 1 is 1.00 bits per heavy atom. The Bertz CT molecular complexity index is 894. The van der Waals surface area contributed by atoms with Crippen LogP contribution in [0, 0.1) is 0 Å². The van der Waals surface area contributed by atoms with Gasteiger partial charge in [0.2, 0.25) is 10.0 Å². The van der Waals surface area contributed by atoms with Crippen molar-refractivity contribution in [3.05, 3.63) is 59.1 Å². The van der Waals surface area contributed by atoms with Crippen LogP contribution in [0.15, 0.2) is 53.4 Å². The Kier molecular flexibility index (Phi) is 5.47. The maximum atomic E-state index is 12.9. The zero-order valence-electron chi connectivity index (χ0n) is 13.8. The van der Waals surface area contributed by atoms with Gasteiger partial charge < -0.3 is 4.90 Å². The molecule has 9 heteroatoms. The first-order valence-electron chi connectivity index (χ1n) is 7.97. The van der Waals surface area contributed by atoms with E-state index in [1.807, 2.05) is 12.1 Å². The number of hydrogen-bond acceptors (Lipinski definition) is 5. The van der Waals surface area contributed by atoms with E-state index < -0.39 is 15.9 Å². The summed E-state index contributed by atoms with van der Waals surface area (Å²) in [5, 5.41) is 9.49. The minimum absolute atomic E-state index is 0.0878. The number of sulfonamides is 1. The van der Waals surface area contributed by atoms with E-state index in [2.05, 4.69) is 4.90 Å². The van der Waals surface area contributed by atoms with E-state index >= 15 is 0 Å². The molecule has 1 aliphatic rings. The molecule has 0 aromatic heterocycles. The molecule has 1 aliphatic heterocycles. The van der Waals surface area contributed by atoms with Crippen LogP contribution in [0.25, 0.3) is 0 Å². The number of hydrogen-bond donors (Lipinski definition) is 2. The van der Waals surface area contributed by atoms with Crippen LogP contribution in [-0.2, 0) is 10.0 Å². The highest BCUT2D eigenvalue weighted by molar-refractivity contribution is 7.89. The van der Waals surface area contributed by atoms with Gasteiger partial charge in [0.25, 0.3) is 5.91 Å². The van der Waals surface area contributed by atoms with Crippen molar-refractivity contribution in [1.82, 2.24) is 9.79 Å². The van der Waals surface area contributed by atoms with E-state index in [-0.39, 0.29) is 10.5 Å². The summed E-state index contributed by atoms with van der Waals surface area (Å²) in [7, 11) is -3.85. The highest BCUT2D eigenvalue weighted by Gasteiger charge is 2.31. The minimum Gasteiger partial charge on any atom is -0.369 e. The van der Waals surface area contributed by atoms with Crippen LogP contribution in [0.4, 0.5) is 5.69 Å². The van der Waals surface area contributed by atoms with Gasteiger partial charge in [-0.2, -0.15) is 4.31 Å². The molecule has 2 aromatic carbocycles. The summed E-state index contributed by atoms with van der Waals surface area (Å²) in [6.45, 7) is 1.63. The van der Waals surface area contributed by atoms with Gasteiger partial charge in [0.15, 0.2) is 0 Å². The summed E-state index contributed by atoms with van der Waals surface area (Å²) in [6, 6.07) is 13.2. The maximum Gasteiger partial charge on any atom is 0.276 e. The first-order valence-corrected chi connectivity index (χ1v) is 9.79. The van der Waals surface area contributed by atoms with Crippen LogP contribution >= 0.6 is 11.6 Å². The standard InChI is InChI=1S/C17H18ClN3O4S/c18-13-5-7-14(8-6-13)20-9-11-21(12-10-20)26(24,25)16-4-2-1-3-15(16)17(22)19-23/h1-8,23H,9-12H2,(H,19,22). The van der Waals surface area contributed by atoms with Crippen molar-refractivity contribution in [2.45, 2.75) is 4.90 Å². The van der Waals surface area contributed by atoms with Gasteiger partial charge in [-0.25, -0.2) is 13.9 Å². The first kappa shape index (κ1) is 18.7. The summed E-state index contributed by atoms with van der Waals surface area (Å²) in [4.78, 5) is 13.7. The number of carbonyl (C=O) groups excluding carboxylic acids is 1. The molecule has 0 unspecified atom stereocenters. The van der Waals surface area contributed by atoms with E-state index in [9.17, 15) is 13.2 Å². The van der Waals surface area contributed by atoms with Crippen molar-refractivity contribution in [2.24, 2.45) is 0 Å². The number of halogens is 1. The van der Waals surface area contributed by atoms with Gasteiger partial charge in [0, 0.05) is 36.9 Å². The quantitative estimate of drug-likeness (QED) is 0.610. The number of hydroxylamine groups is 1. The number of nitrogens with one attached hydrogen (secondary N) is 1. The summed E-state index contributed by atoms with van der Waals surface area (Å²) in [6.07, 6.45) is 0. The van der Waals surface area contributed by atoms with Crippen LogP contribution in [0.3, 0.4) is 0 Å². The monoisotopic (exact) mass is 395 g/mol. The Balaban J connectivity index is 1.78. The molecule has 3 rings (SSSR count). The lowest BCUT2D eigenvalue weighted by Gasteiger charge is -2.35. The van der Waals surface area contributed by atoms with Crippen molar-refractivity contribution >= 4 is 33.2 Å². The Labute approximate surface area is 156 Å². The third-order valence-electron chi connectivity index (χ3n) is 4.28. The maximum absolute atomic E-state index is 12.9. The van der Waals surface area contributed by atoms with Crippen molar-refractivity contribution in [3.8, 4) is 0 Å². The predicted octanol–water partition coefficient (Wildman–Crippen LogP) is 1.97. The van der Waals surface area contributed by atoms with Crippen LogP contribution in [0.2, 0.25) is 5.02 Å². The second kappa shape index (κ2) is 7.63. The topological polar surface area (TPSA) is 89.9 Å². The molecule has 0 bridgehead atoms. The number of carbonyl (C=O) groups is 1. The van der Waals surface area contributed by atoms with E-state index in [0.717, 1.165) is 5.69 Å². The molecule has 0 saturated carbocycles. The van der Waals surface area contributed by atoms with Crippen LogP contribution < -0.4 is 10.4 Å². The molecule has 0 aliphatic carbocycles. The zero-order valence-corrected chi connectivity index (χ0v) is 15.4. The third kappa shape index (κ3) is 3.68. The number of piperazine rings is 1. The van der Waals surface area contributed by atoms with Crippen LogP contribution in [0.5, 0.6) is 0 Å². The molecule has 0 atom stereocenters. The lowest BCUT2D eigenvalue weighted by molar-refractivity contribution is 0.0702. The molecule has 138 valence electrons. The Morgan fingerprint density at radius 3 is 2.23 bits per heavy atom. The largest absolute Gasteiger partial charge is 0.369 e. The van der Waals surface area contributed by atoms with Gasteiger partial charge in [0.1, 0.15) is 0 Å². The lowest BCUT2D eigenvalue weighted by Crippen LogP contribution is -2.49. The van der Waals surface area contributed by atoms with Crippen LogP contribution in [0.1, 0.15) is 10.4 Å². The summed E-state index contributed by atoms with van der Waals surface area (Å²) in [5.41, 5.74) is 2.38. The fourth-order valence-electron chi connectivity index (χ4n) is 2.92. The fraction of sp³-hybridized carbons (Fsp3) is 0.235. The van der Waals surface area contributed by atoms with Crippen molar-refractivity contribution in [2.75, 3.05) is 31.1 Å². The smallest absolute Gasteiger partial charge is 0.276 e. The summed E-state index contributed by atoms with van der Waals surface area (Å²) in [5.74, 6) is -0.857. The number of anilines is 1. The molecule has 0 spiro atoms. The normalized spacial score (nSPS) is 15.7. The third-order valence-corrected chi connectivity index (χ3v) is 6.49. The van der Waals surface area contributed by atoms with Gasteiger partial charge >= 0.3 is 0 Å². The van der Waals surface area contributed by atoms with Gasteiger partial charge in [-0.15, -0.1) is 0 Å². The van der Waals surface area contributed by atoms with E-state index in [0.29, 0.717) is 31.2 Å². The zero-order chi connectivity index (χ0) is 18.7. The summed E-state index contributed by atoms with van der Waals surface area (Å²) < 4.78 is 27.2. The average molecular weight is 396 g/mol. The molecular weight excluding hydrogens is 378 g/mol. The molecule has 26 heavy (non-hydrogen) atoms. The van der Waals surface area contributed by atoms with Gasteiger partial charge in [0.05, 0.1) is 10.5 Å². The SMILES string of the molecule is O=C(NO)c1ccccc1S(=O)(=O)N1CCN(c2ccc(Cl)cc2)CC1. The van der Waals surface area contributed by atoms with E-state index in [1.165, 1.54) is 21.9 Å².